The molecular formula is C24H30N4O2. The van der Waals surface area contributed by atoms with Crippen molar-refractivity contribution in [2.75, 3.05) is 42.9 Å². The van der Waals surface area contributed by atoms with Crippen LogP contribution in [0.15, 0.2) is 54.6 Å². The van der Waals surface area contributed by atoms with E-state index in [1.807, 2.05) is 47.1 Å². The van der Waals surface area contributed by atoms with Gasteiger partial charge in [-0.3, -0.25) is 14.5 Å². The van der Waals surface area contributed by atoms with E-state index in [1.54, 1.807) is 0 Å². The van der Waals surface area contributed by atoms with Crippen molar-refractivity contribution < 1.29 is 9.59 Å². The molecule has 0 radical (unpaired) electrons. The Hall–Kier alpha value is -2.86. The van der Waals surface area contributed by atoms with Crippen LogP contribution in [0.1, 0.15) is 25.3 Å². The van der Waals surface area contributed by atoms with Gasteiger partial charge < -0.3 is 15.1 Å². The van der Waals surface area contributed by atoms with Gasteiger partial charge >= 0.3 is 0 Å². The Bertz CT molecular complexity index is 878. The molecule has 0 spiro atoms. The van der Waals surface area contributed by atoms with Crippen LogP contribution >= 0.6 is 0 Å². The minimum absolute atomic E-state index is 0.122. The third-order valence-corrected chi connectivity index (χ3v) is 5.92. The molecule has 2 aliphatic heterocycles. The summed E-state index contributed by atoms with van der Waals surface area (Å²) in [5, 5.41) is 3.33. The molecule has 6 nitrogen and oxygen atoms in total. The maximum Gasteiger partial charge on any atom is 0.244 e. The van der Waals surface area contributed by atoms with Gasteiger partial charge in [-0.15, -0.1) is 0 Å². The smallest absolute Gasteiger partial charge is 0.244 e. The van der Waals surface area contributed by atoms with E-state index in [2.05, 4.69) is 34.5 Å². The molecule has 0 aliphatic carbocycles. The summed E-state index contributed by atoms with van der Waals surface area (Å²) in [6.45, 7) is 6.88. The predicted octanol–water partition coefficient (Wildman–Crippen LogP) is 2.96. The first-order valence-corrected chi connectivity index (χ1v) is 10.8. The van der Waals surface area contributed by atoms with Crippen molar-refractivity contribution in [2.24, 2.45) is 0 Å². The molecule has 1 N–H and O–H groups in total. The normalized spacial score (nSPS) is 18.5. The number of hydrogen-bond donors (Lipinski definition) is 1. The van der Waals surface area contributed by atoms with Crippen molar-refractivity contribution in [1.82, 2.24) is 9.80 Å². The van der Waals surface area contributed by atoms with E-state index in [4.69, 9.17) is 0 Å². The van der Waals surface area contributed by atoms with Gasteiger partial charge in [0.2, 0.25) is 11.8 Å². The van der Waals surface area contributed by atoms with Crippen LogP contribution < -0.4 is 10.2 Å². The molecule has 30 heavy (non-hydrogen) atoms. The summed E-state index contributed by atoms with van der Waals surface area (Å²) < 4.78 is 0. The van der Waals surface area contributed by atoms with Crippen molar-refractivity contribution in [2.45, 2.75) is 32.4 Å². The SMILES string of the molecule is CC(Nc1cccc(N2CCCC2=O)c1)C(=O)N1CCN(Cc2ccccc2)CC1. The maximum absolute atomic E-state index is 12.9. The molecular weight excluding hydrogens is 376 g/mol. The van der Waals surface area contributed by atoms with Crippen molar-refractivity contribution in [1.29, 1.82) is 0 Å². The molecule has 2 fully saturated rings. The average molecular weight is 407 g/mol. The van der Waals surface area contributed by atoms with Crippen LogP contribution in [-0.2, 0) is 16.1 Å². The molecule has 0 bridgehead atoms. The van der Waals surface area contributed by atoms with Crippen molar-refractivity contribution in [3.8, 4) is 0 Å². The first-order valence-electron chi connectivity index (χ1n) is 10.8. The summed E-state index contributed by atoms with van der Waals surface area (Å²) in [5.41, 5.74) is 3.08. The molecule has 0 aromatic heterocycles. The third kappa shape index (κ3) is 4.82. The Labute approximate surface area is 178 Å². The average Bonchev–Trinajstić information content (AvgIpc) is 3.20. The zero-order chi connectivity index (χ0) is 20.9. The third-order valence-electron chi connectivity index (χ3n) is 5.92. The number of anilines is 2. The van der Waals surface area contributed by atoms with Crippen molar-refractivity contribution in [3.63, 3.8) is 0 Å². The van der Waals surface area contributed by atoms with Crippen molar-refractivity contribution >= 4 is 23.2 Å². The second kappa shape index (κ2) is 9.30. The molecule has 2 saturated heterocycles. The van der Waals surface area contributed by atoms with Gasteiger partial charge in [-0.05, 0) is 37.1 Å². The van der Waals surface area contributed by atoms with Gasteiger partial charge in [0.15, 0.2) is 0 Å². The molecule has 6 heteroatoms. The topological polar surface area (TPSA) is 55.9 Å². The summed E-state index contributed by atoms with van der Waals surface area (Å²) in [5.74, 6) is 0.293. The number of hydrogen-bond acceptors (Lipinski definition) is 4. The maximum atomic E-state index is 12.9. The number of carbonyl (C=O) groups is 2. The lowest BCUT2D eigenvalue weighted by atomic mass is 10.2. The molecule has 2 aromatic rings. The fourth-order valence-corrected chi connectivity index (χ4v) is 4.24. The lowest BCUT2D eigenvalue weighted by molar-refractivity contribution is -0.133. The Morgan fingerprint density at radius 3 is 2.47 bits per heavy atom. The van der Waals surface area contributed by atoms with Crippen molar-refractivity contribution in [3.05, 3.63) is 60.2 Å². The molecule has 2 amide bonds. The van der Waals surface area contributed by atoms with Gasteiger partial charge in [-0.2, -0.15) is 0 Å². The summed E-state index contributed by atoms with van der Waals surface area (Å²) in [6.07, 6.45) is 1.52. The largest absolute Gasteiger partial charge is 0.374 e. The lowest BCUT2D eigenvalue weighted by Crippen LogP contribution is -2.51. The zero-order valence-corrected chi connectivity index (χ0v) is 17.6. The van der Waals surface area contributed by atoms with E-state index >= 15 is 0 Å². The van der Waals surface area contributed by atoms with Gasteiger partial charge in [0.05, 0.1) is 0 Å². The Morgan fingerprint density at radius 1 is 1.00 bits per heavy atom. The highest BCUT2D eigenvalue weighted by molar-refractivity contribution is 5.95. The van der Waals surface area contributed by atoms with Crippen LogP contribution in [0, 0.1) is 0 Å². The highest BCUT2D eigenvalue weighted by Crippen LogP contribution is 2.24. The van der Waals surface area contributed by atoms with Crippen LogP contribution in [0.25, 0.3) is 0 Å². The van der Waals surface area contributed by atoms with Crippen LogP contribution in [0.3, 0.4) is 0 Å². The molecule has 0 saturated carbocycles. The Morgan fingerprint density at radius 2 is 1.77 bits per heavy atom. The van der Waals surface area contributed by atoms with Crippen LogP contribution in [-0.4, -0.2) is 60.4 Å². The van der Waals surface area contributed by atoms with Crippen LogP contribution in [0.4, 0.5) is 11.4 Å². The lowest BCUT2D eigenvalue weighted by Gasteiger charge is -2.36. The first-order chi connectivity index (χ1) is 14.6. The molecule has 2 aliphatic rings. The summed E-state index contributed by atoms with van der Waals surface area (Å²) >= 11 is 0. The summed E-state index contributed by atoms with van der Waals surface area (Å²) in [6, 6.07) is 17.9. The summed E-state index contributed by atoms with van der Waals surface area (Å²) in [7, 11) is 0. The molecule has 1 unspecified atom stereocenters. The van der Waals surface area contributed by atoms with E-state index in [0.29, 0.717) is 6.42 Å². The number of rotatable bonds is 6. The van der Waals surface area contributed by atoms with Gasteiger partial charge in [0, 0.05) is 57.1 Å². The quantitative estimate of drug-likeness (QED) is 0.801. The fraction of sp³-hybridized carbons (Fsp3) is 0.417. The van der Waals surface area contributed by atoms with E-state index in [1.165, 1.54) is 5.56 Å². The van der Waals surface area contributed by atoms with Crippen LogP contribution in [0.2, 0.25) is 0 Å². The van der Waals surface area contributed by atoms with Gasteiger partial charge in [-0.1, -0.05) is 36.4 Å². The molecule has 158 valence electrons. The number of piperazine rings is 1. The second-order valence-corrected chi connectivity index (χ2v) is 8.15. The number of nitrogens with one attached hydrogen (secondary N) is 1. The fourth-order valence-electron chi connectivity index (χ4n) is 4.24. The number of benzene rings is 2. The first kappa shape index (κ1) is 20.4. The standard InChI is InChI=1S/C24H30N4O2/c1-19(25-21-9-5-10-22(17-21)28-12-6-11-23(28)29)24(30)27-15-13-26(14-16-27)18-20-7-3-2-4-8-20/h2-5,7-10,17,19,25H,6,11-16,18H2,1H3. The number of carbonyl (C=O) groups excluding carboxylic acids is 2. The van der Waals surface area contributed by atoms with E-state index in [-0.39, 0.29) is 17.9 Å². The van der Waals surface area contributed by atoms with E-state index < -0.39 is 0 Å². The van der Waals surface area contributed by atoms with E-state index in [0.717, 1.165) is 57.1 Å². The molecule has 2 aromatic carbocycles. The highest BCUT2D eigenvalue weighted by Gasteiger charge is 2.26. The van der Waals surface area contributed by atoms with Gasteiger partial charge in [0.1, 0.15) is 6.04 Å². The second-order valence-electron chi connectivity index (χ2n) is 8.15. The number of amides is 2. The van der Waals surface area contributed by atoms with Gasteiger partial charge in [0.25, 0.3) is 0 Å². The van der Waals surface area contributed by atoms with Gasteiger partial charge in [-0.25, -0.2) is 0 Å². The minimum atomic E-state index is -0.310. The Kier molecular flexibility index (Phi) is 6.33. The van der Waals surface area contributed by atoms with E-state index in [9.17, 15) is 9.59 Å². The molecule has 4 rings (SSSR count). The molecule has 2 heterocycles. The predicted molar refractivity (Wildman–Crippen MR) is 119 cm³/mol. The monoisotopic (exact) mass is 406 g/mol. The minimum Gasteiger partial charge on any atom is -0.374 e. The Balaban J connectivity index is 1.30. The highest BCUT2D eigenvalue weighted by atomic mass is 16.2. The van der Waals surface area contributed by atoms with Crippen LogP contribution in [0.5, 0.6) is 0 Å². The zero-order valence-electron chi connectivity index (χ0n) is 17.6. The number of nitrogens with zero attached hydrogens (tertiary/aromatic N) is 3. The summed E-state index contributed by atoms with van der Waals surface area (Å²) in [4.78, 5) is 31.1. The molecule has 1 atom stereocenters.